The van der Waals surface area contributed by atoms with Crippen LogP contribution in [0.3, 0.4) is 0 Å². The highest BCUT2D eigenvalue weighted by atomic mass is 16.3. The number of nitrogens with zero attached hydrogens (tertiary/aromatic N) is 3. The Morgan fingerprint density at radius 3 is 3.20 bits per heavy atom. The molecule has 0 saturated heterocycles. The number of aryl methyl sites for hydroxylation is 1. The Balaban J connectivity index is 2.76. The minimum absolute atomic E-state index is 0.569. The van der Waals surface area contributed by atoms with Gasteiger partial charge in [0.15, 0.2) is 5.76 Å². The minimum Gasteiger partial charge on any atom is -0.440 e. The average Bonchev–Trinajstić information content (AvgIpc) is 2.27. The molecule has 0 bridgehead atoms. The van der Waals surface area contributed by atoms with Crippen LogP contribution in [0, 0.1) is 6.92 Å². The highest BCUT2D eigenvalue weighted by Gasteiger charge is 2.08. The second-order valence-electron chi connectivity index (χ2n) is 2.02. The van der Waals surface area contributed by atoms with Crippen molar-refractivity contribution < 1.29 is 4.42 Å². The zero-order valence-electron chi connectivity index (χ0n) is 5.40. The van der Waals surface area contributed by atoms with Crippen LogP contribution in [0.15, 0.2) is 16.9 Å². The zero-order valence-corrected chi connectivity index (χ0v) is 5.40. The third kappa shape index (κ3) is 0.655. The van der Waals surface area contributed by atoms with Gasteiger partial charge in [0.1, 0.15) is 0 Å². The molecule has 0 spiro atoms. The van der Waals surface area contributed by atoms with Gasteiger partial charge in [0.25, 0.3) is 0 Å². The molecule has 0 aromatic carbocycles. The van der Waals surface area contributed by atoms with E-state index in [-0.39, 0.29) is 0 Å². The van der Waals surface area contributed by atoms with Crippen LogP contribution in [-0.2, 0) is 0 Å². The van der Waals surface area contributed by atoms with Crippen LogP contribution in [0.5, 0.6) is 0 Å². The van der Waals surface area contributed by atoms with Crippen molar-refractivity contribution in [1.82, 2.24) is 15.2 Å². The van der Waals surface area contributed by atoms with Crippen molar-refractivity contribution in [3.05, 3.63) is 18.2 Å². The van der Waals surface area contributed by atoms with E-state index in [1.807, 2.05) is 13.0 Å². The van der Waals surface area contributed by atoms with Crippen molar-refractivity contribution in [3.8, 4) is 11.6 Å². The second kappa shape index (κ2) is 1.76. The maximum atomic E-state index is 5.00. The number of fused-ring (bicyclic) bond motifs is 1. The first-order valence-electron chi connectivity index (χ1n) is 2.90. The topological polar surface area (TPSA) is 51.8 Å². The maximum absolute atomic E-state index is 5.00. The molecule has 0 fully saturated rings. The smallest absolute Gasteiger partial charge is 0.218 e. The molecule has 2 aliphatic rings. The van der Waals surface area contributed by atoms with Gasteiger partial charge in [-0.1, -0.05) is 0 Å². The molecule has 4 nitrogen and oxygen atoms in total. The SMILES string of the molecule is Cc1cc2ocnnc-2n1. The summed E-state index contributed by atoms with van der Waals surface area (Å²) in [7, 11) is 0. The van der Waals surface area contributed by atoms with E-state index in [0.29, 0.717) is 11.6 Å². The summed E-state index contributed by atoms with van der Waals surface area (Å²) in [6, 6.07) is 1.82. The van der Waals surface area contributed by atoms with E-state index >= 15 is 0 Å². The van der Waals surface area contributed by atoms with Crippen molar-refractivity contribution >= 4 is 0 Å². The van der Waals surface area contributed by atoms with Crippen LogP contribution in [0.1, 0.15) is 5.69 Å². The third-order valence-corrected chi connectivity index (χ3v) is 1.22. The van der Waals surface area contributed by atoms with E-state index in [1.54, 1.807) is 0 Å². The van der Waals surface area contributed by atoms with Crippen LogP contribution < -0.4 is 0 Å². The number of hydrogen-bond acceptors (Lipinski definition) is 4. The predicted octanol–water partition coefficient (Wildman–Crippen LogP) is 0.878. The molecule has 2 aliphatic heterocycles. The van der Waals surface area contributed by atoms with E-state index in [9.17, 15) is 0 Å². The van der Waals surface area contributed by atoms with Gasteiger partial charge in [-0.05, 0) is 6.92 Å². The molecule has 4 heteroatoms. The predicted molar refractivity (Wildman–Crippen MR) is 33.5 cm³/mol. The lowest BCUT2D eigenvalue weighted by molar-refractivity contribution is 0.523. The summed E-state index contributed by atoms with van der Waals surface area (Å²) >= 11 is 0. The first-order chi connectivity index (χ1) is 4.86. The van der Waals surface area contributed by atoms with Gasteiger partial charge in [0, 0.05) is 11.8 Å². The Bertz CT molecular complexity index is 287. The molecule has 2 heterocycles. The van der Waals surface area contributed by atoms with Crippen molar-refractivity contribution in [1.29, 1.82) is 0 Å². The first kappa shape index (κ1) is 5.34. The standard InChI is InChI=1S/C6H5N3O/c1-4-2-5-6(8-4)9-7-3-10-5/h2-3H,1H3. The molecule has 0 aromatic rings. The number of aromatic nitrogens is 3. The van der Waals surface area contributed by atoms with E-state index in [2.05, 4.69) is 15.2 Å². The van der Waals surface area contributed by atoms with Crippen molar-refractivity contribution in [2.75, 3.05) is 0 Å². The molecule has 0 amide bonds. The summed E-state index contributed by atoms with van der Waals surface area (Å²) in [5.41, 5.74) is 0.902. The van der Waals surface area contributed by atoms with Crippen LogP contribution in [0.2, 0.25) is 0 Å². The number of rotatable bonds is 0. The molecule has 0 unspecified atom stereocenters. The summed E-state index contributed by atoms with van der Waals surface area (Å²) in [4.78, 5) is 4.05. The molecule has 0 saturated carbocycles. The van der Waals surface area contributed by atoms with Gasteiger partial charge in [-0.3, -0.25) is 0 Å². The molecule has 0 radical (unpaired) electrons. The summed E-state index contributed by atoms with van der Waals surface area (Å²) in [5.74, 6) is 1.26. The second-order valence-corrected chi connectivity index (χ2v) is 2.02. The third-order valence-electron chi connectivity index (χ3n) is 1.22. The molecule has 0 aromatic heterocycles. The maximum Gasteiger partial charge on any atom is 0.218 e. The van der Waals surface area contributed by atoms with E-state index in [4.69, 9.17) is 4.42 Å². The van der Waals surface area contributed by atoms with Crippen molar-refractivity contribution in [2.45, 2.75) is 6.92 Å². The van der Waals surface area contributed by atoms with E-state index in [0.717, 1.165) is 5.69 Å². The highest BCUT2D eigenvalue weighted by Crippen LogP contribution is 2.16. The molecular formula is C6H5N3O. The Hall–Kier alpha value is -1.45. The minimum atomic E-state index is 0.569. The van der Waals surface area contributed by atoms with Crippen LogP contribution >= 0.6 is 0 Å². The lowest BCUT2D eigenvalue weighted by Crippen LogP contribution is -1.84. The van der Waals surface area contributed by atoms with Gasteiger partial charge < -0.3 is 4.42 Å². The molecule has 50 valence electrons. The van der Waals surface area contributed by atoms with Crippen LogP contribution in [0.4, 0.5) is 0 Å². The summed E-state index contributed by atoms with van der Waals surface area (Å²) in [5, 5.41) is 7.29. The zero-order chi connectivity index (χ0) is 6.97. The molecule has 0 aliphatic carbocycles. The monoisotopic (exact) mass is 135 g/mol. The molecule has 0 atom stereocenters. The summed E-state index contributed by atoms with van der Waals surface area (Å²) in [6.45, 7) is 1.89. The van der Waals surface area contributed by atoms with Gasteiger partial charge in [-0.2, -0.15) is 0 Å². The fourth-order valence-electron chi connectivity index (χ4n) is 0.826. The van der Waals surface area contributed by atoms with E-state index in [1.165, 1.54) is 6.39 Å². The largest absolute Gasteiger partial charge is 0.440 e. The quantitative estimate of drug-likeness (QED) is 0.538. The molecule has 10 heavy (non-hydrogen) atoms. The normalized spacial score (nSPS) is 10.5. The molecule has 0 N–H and O–H groups in total. The van der Waals surface area contributed by atoms with Gasteiger partial charge in [0.05, 0.1) is 0 Å². The van der Waals surface area contributed by atoms with Gasteiger partial charge in [0.2, 0.25) is 12.2 Å². The van der Waals surface area contributed by atoms with Gasteiger partial charge >= 0.3 is 0 Å². The Morgan fingerprint density at radius 1 is 1.50 bits per heavy atom. The highest BCUT2D eigenvalue weighted by molar-refractivity contribution is 5.48. The van der Waals surface area contributed by atoms with Gasteiger partial charge in [-0.25, -0.2) is 4.98 Å². The Kier molecular flexibility index (Phi) is 0.943. The molecular weight excluding hydrogens is 130 g/mol. The lowest BCUT2D eigenvalue weighted by Gasteiger charge is -1.87. The van der Waals surface area contributed by atoms with E-state index < -0.39 is 0 Å². The summed E-state index contributed by atoms with van der Waals surface area (Å²) in [6.07, 6.45) is 1.30. The Morgan fingerprint density at radius 2 is 2.40 bits per heavy atom. The fourth-order valence-corrected chi connectivity index (χ4v) is 0.826. The van der Waals surface area contributed by atoms with Crippen molar-refractivity contribution in [2.24, 2.45) is 0 Å². The van der Waals surface area contributed by atoms with Gasteiger partial charge in [-0.15, -0.1) is 10.2 Å². The lowest BCUT2D eigenvalue weighted by atomic mass is 10.4. The fraction of sp³-hybridized carbons (Fsp3) is 0.167. The first-order valence-corrected chi connectivity index (χ1v) is 2.90. The number of hydrogen-bond donors (Lipinski definition) is 0. The van der Waals surface area contributed by atoms with Crippen LogP contribution in [-0.4, -0.2) is 15.2 Å². The van der Waals surface area contributed by atoms with Crippen LogP contribution in [0.25, 0.3) is 11.6 Å². The van der Waals surface area contributed by atoms with Crippen molar-refractivity contribution in [3.63, 3.8) is 0 Å². The average molecular weight is 135 g/mol. The molecule has 2 rings (SSSR count). The Labute approximate surface area is 57.3 Å². The summed E-state index contributed by atoms with van der Waals surface area (Å²) < 4.78 is 5.00.